The molecule has 1 saturated carbocycles. The van der Waals surface area contributed by atoms with E-state index in [-0.39, 0.29) is 5.91 Å². The maximum Gasteiger partial charge on any atom is 0.233 e. The summed E-state index contributed by atoms with van der Waals surface area (Å²) >= 11 is 3.04. The molecular formula is C20H26N4OS2. The van der Waals surface area contributed by atoms with Gasteiger partial charge in [0, 0.05) is 19.1 Å². The molecule has 1 amide bonds. The molecule has 1 aliphatic heterocycles. The van der Waals surface area contributed by atoms with E-state index in [1.165, 1.54) is 60.8 Å². The zero-order valence-corrected chi connectivity index (χ0v) is 17.1. The first-order valence-electron chi connectivity index (χ1n) is 9.83. The highest BCUT2D eigenvalue weighted by molar-refractivity contribution is 8.01. The van der Waals surface area contributed by atoms with Gasteiger partial charge in [-0.25, -0.2) is 0 Å². The van der Waals surface area contributed by atoms with Crippen LogP contribution >= 0.6 is 23.1 Å². The lowest BCUT2D eigenvalue weighted by molar-refractivity contribution is -0.134. The van der Waals surface area contributed by atoms with Crippen LogP contribution in [0.25, 0.3) is 0 Å². The molecule has 0 spiro atoms. The Morgan fingerprint density at radius 1 is 1.15 bits per heavy atom. The van der Waals surface area contributed by atoms with Crippen molar-refractivity contribution in [3.8, 4) is 0 Å². The summed E-state index contributed by atoms with van der Waals surface area (Å²) in [4.78, 5) is 15.0. The summed E-state index contributed by atoms with van der Waals surface area (Å²) in [6.07, 6.45) is 7.55. The lowest BCUT2D eigenvalue weighted by Crippen LogP contribution is -2.50. The number of aromatic nitrogens is 2. The van der Waals surface area contributed by atoms with E-state index in [0.29, 0.717) is 11.8 Å². The van der Waals surface area contributed by atoms with Gasteiger partial charge in [-0.3, -0.25) is 4.79 Å². The normalized spacial score (nSPS) is 22.3. The van der Waals surface area contributed by atoms with Gasteiger partial charge in [0.05, 0.1) is 5.75 Å². The van der Waals surface area contributed by atoms with Crippen LogP contribution in [0.2, 0.25) is 0 Å². The van der Waals surface area contributed by atoms with Crippen LogP contribution in [0.5, 0.6) is 0 Å². The van der Waals surface area contributed by atoms with Crippen molar-refractivity contribution in [3.63, 3.8) is 0 Å². The number of nitrogens with one attached hydrogen (secondary N) is 1. The standard InChI is InChI=1S/C20H26N4OS2/c25-18(24-12-6-10-16-9-4-5-11-17(16)24)14-26-20-23-22-19(27-20)21-13-15-7-2-1-3-8-15/h1-3,7-8,16-17H,4-6,9-14H2,(H,21,22)/t16-,17-/m1/s1. The van der Waals surface area contributed by atoms with Crippen molar-refractivity contribution in [2.24, 2.45) is 5.92 Å². The lowest BCUT2D eigenvalue weighted by atomic mass is 9.78. The number of anilines is 1. The first-order valence-corrected chi connectivity index (χ1v) is 11.6. The molecule has 2 heterocycles. The second-order valence-corrected chi connectivity index (χ2v) is 9.54. The Balaban J connectivity index is 1.27. The van der Waals surface area contributed by atoms with Crippen molar-refractivity contribution >= 4 is 34.1 Å². The van der Waals surface area contributed by atoms with E-state index < -0.39 is 0 Å². The first-order chi connectivity index (χ1) is 13.3. The van der Waals surface area contributed by atoms with E-state index >= 15 is 0 Å². The molecule has 144 valence electrons. The molecule has 1 saturated heterocycles. The molecule has 2 fully saturated rings. The highest BCUT2D eigenvalue weighted by Crippen LogP contribution is 2.36. The van der Waals surface area contributed by atoms with Crippen molar-refractivity contribution in [1.29, 1.82) is 0 Å². The summed E-state index contributed by atoms with van der Waals surface area (Å²) < 4.78 is 0.858. The summed E-state index contributed by atoms with van der Waals surface area (Å²) in [7, 11) is 0. The van der Waals surface area contributed by atoms with Gasteiger partial charge in [-0.05, 0) is 37.2 Å². The van der Waals surface area contributed by atoms with Crippen molar-refractivity contribution in [2.75, 3.05) is 17.6 Å². The number of carbonyl (C=O) groups excluding carboxylic acids is 1. The predicted octanol–water partition coefficient (Wildman–Crippen LogP) is 4.42. The van der Waals surface area contributed by atoms with Crippen molar-refractivity contribution in [3.05, 3.63) is 35.9 Å². The average molecular weight is 403 g/mol. The highest BCUT2D eigenvalue weighted by Gasteiger charge is 2.35. The number of benzene rings is 1. The molecule has 27 heavy (non-hydrogen) atoms. The third kappa shape index (κ3) is 4.82. The second-order valence-electron chi connectivity index (χ2n) is 7.34. The molecule has 1 aromatic carbocycles. The summed E-state index contributed by atoms with van der Waals surface area (Å²) in [5, 5.41) is 12.5. The minimum atomic E-state index is 0.269. The number of thioether (sulfide) groups is 1. The fourth-order valence-corrected chi connectivity index (χ4v) is 5.89. The van der Waals surface area contributed by atoms with E-state index in [2.05, 4.69) is 32.5 Å². The van der Waals surface area contributed by atoms with Gasteiger partial charge in [-0.1, -0.05) is 66.3 Å². The van der Waals surface area contributed by atoms with Gasteiger partial charge in [-0.15, -0.1) is 10.2 Å². The van der Waals surface area contributed by atoms with Gasteiger partial charge in [0.2, 0.25) is 11.0 Å². The van der Waals surface area contributed by atoms with Gasteiger partial charge in [0.15, 0.2) is 4.34 Å². The highest BCUT2D eigenvalue weighted by atomic mass is 32.2. The topological polar surface area (TPSA) is 58.1 Å². The van der Waals surface area contributed by atoms with Crippen LogP contribution in [0.3, 0.4) is 0 Å². The molecule has 1 aromatic heterocycles. The largest absolute Gasteiger partial charge is 0.356 e. The van der Waals surface area contributed by atoms with E-state index in [1.807, 2.05) is 18.2 Å². The predicted molar refractivity (Wildman–Crippen MR) is 111 cm³/mol. The second kappa shape index (κ2) is 9.06. The maximum atomic E-state index is 12.8. The molecular weight excluding hydrogens is 376 g/mol. The van der Waals surface area contributed by atoms with Crippen molar-refractivity contribution in [2.45, 2.75) is 55.5 Å². The van der Waals surface area contributed by atoms with Gasteiger partial charge in [0.25, 0.3) is 0 Å². The Morgan fingerprint density at radius 2 is 1.96 bits per heavy atom. The third-order valence-corrected chi connectivity index (χ3v) is 7.57. The minimum absolute atomic E-state index is 0.269. The van der Waals surface area contributed by atoms with E-state index in [9.17, 15) is 4.79 Å². The summed E-state index contributed by atoms with van der Waals surface area (Å²) in [6, 6.07) is 10.7. The molecule has 0 bridgehead atoms. The Labute approximate surface area is 168 Å². The zero-order valence-electron chi connectivity index (χ0n) is 15.5. The third-order valence-electron chi connectivity index (χ3n) is 5.58. The molecule has 0 unspecified atom stereocenters. The number of piperidine rings is 1. The van der Waals surface area contributed by atoms with Crippen LogP contribution < -0.4 is 5.32 Å². The lowest BCUT2D eigenvalue weighted by Gasteiger charge is -2.44. The van der Waals surface area contributed by atoms with E-state index in [4.69, 9.17) is 0 Å². The quantitative estimate of drug-likeness (QED) is 0.725. The molecule has 1 aliphatic carbocycles. The molecule has 2 aromatic rings. The number of amides is 1. The van der Waals surface area contributed by atoms with Gasteiger partial charge < -0.3 is 10.2 Å². The van der Waals surface area contributed by atoms with Crippen LogP contribution in [0.15, 0.2) is 34.7 Å². The van der Waals surface area contributed by atoms with E-state index in [1.54, 1.807) is 0 Å². The maximum absolute atomic E-state index is 12.8. The molecule has 2 aliphatic rings. The molecule has 7 heteroatoms. The number of likely N-dealkylation sites (tertiary alicyclic amines) is 1. The van der Waals surface area contributed by atoms with Gasteiger partial charge in [0.1, 0.15) is 0 Å². The van der Waals surface area contributed by atoms with E-state index in [0.717, 1.165) is 34.9 Å². The SMILES string of the molecule is O=C(CSc1nnc(NCc2ccccc2)s1)N1CCC[C@H]2CCCC[C@H]21. The molecule has 1 N–H and O–H groups in total. The Kier molecular flexibility index (Phi) is 6.29. The van der Waals surface area contributed by atoms with Crippen LogP contribution in [-0.2, 0) is 11.3 Å². The number of rotatable bonds is 6. The Bertz CT molecular complexity index is 749. The minimum Gasteiger partial charge on any atom is -0.356 e. The number of carbonyl (C=O) groups is 1. The number of fused-ring (bicyclic) bond motifs is 1. The van der Waals surface area contributed by atoms with Crippen LogP contribution in [0.1, 0.15) is 44.1 Å². The van der Waals surface area contributed by atoms with Crippen LogP contribution in [0, 0.1) is 5.92 Å². The average Bonchev–Trinajstić information content (AvgIpc) is 3.19. The van der Waals surface area contributed by atoms with Crippen LogP contribution in [-0.4, -0.2) is 39.3 Å². The number of hydrogen-bond donors (Lipinski definition) is 1. The van der Waals surface area contributed by atoms with Gasteiger partial charge >= 0.3 is 0 Å². The fraction of sp³-hybridized carbons (Fsp3) is 0.550. The van der Waals surface area contributed by atoms with Crippen LogP contribution in [0.4, 0.5) is 5.13 Å². The first kappa shape index (κ1) is 18.7. The fourth-order valence-electron chi connectivity index (χ4n) is 4.25. The van der Waals surface area contributed by atoms with Crippen molar-refractivity contribution in [1.82, 2.24) is 15.1 Å². The summed E-state index contributed by atoms with van der Waals surface area (Å²) in [6.45, 7) is 1.66. The number of hydrogen-bond acceptors (Lipinski definition) is 6. The monoisotopic (exact) mass is 402 g/mol. The smallest absolute Gasteiger partial charge is 0.233 e. The van der Waals surface area contributed by atoms with Gasteiger partial charge in [-0.2, -0.15) is 0 Å². The molecule has 2 atom stereocenters. The Hall–Kier alpha value is -1.60. The number of nitrogens with zero attached hydrogens (tertiary/aromatic N) is 3. The summed E-state index contributed by atoms with van der Waals surface area (Å²) in [5.41, 5.74) is 1.21. The molecule has 0 radical (unpaired) electrons. The molecule has 4 rings (SSSR count). The molecule has 5 nitrogen and oxygen atoms in total. The van der Waals surface area contributed by atoms with Crippen molar-refractivity contribution < 1.29 is 4.79 Å². The zero-order chi connectivity index (χ0) is 18.5. The summed E-state index contributed by atoms with van der Waals surface area (Å²) in [5.74, 6) is 1.47. The Morgan fingerprint density at radius 3 is 2.85 bits per heavy atom.